The van der Waals surface area contributed by atoms with Crippen molar-refractivity contribution in [3.05, 3.63) is 29.6 Å². The number of nitrogens with zero attached hydrogens (tertiary/aromatic N) is 1. The normalized spacial score (nSPS) is 10.4. The molecule has 0 bridgehead atoms. The van der Waals surface area contributed by atoms with Gasteiger partial charge in [0.15, 0.2) is 0 Å². The molecule has 4 heteroatoms. The summed E-state index contributed by atoms with van der Waals surface area (Å²) in [6.07, 6.45) is 1.95. The largest absolute Gasteiger partial charge is 0.205 e. The van der Waals surface area contributed by atoms with Crippen LogP contribution in [0, 0.1) is 17.1 Å². The second-order valence-electron chi connectivity index (χ2n) is 2.72. The van der Waals surface area contributed by atoms with Crippen LogP contribution in [0.3, 0.4) is 0 Å². The van der Waals surface area contributed by atoms with Crippen LogP contribution in [0.15, 0.2) is 22.4 Å². The first-order valence-electron chi connectivity index (χ1n) is 3.92. The Morgan fingerprint density at radius 2 is 2.29 bits per heavy atom. The fraction of sp³-hybridized carbons (Fsp3) is 0.100. The maximum Gasteiger partial charge on any atom is 0.149 e. The highest BCUT2D eigenvalue weighted by atomic mass is 32.2. The number of thiophene rings is 1. The second-order valence-corrected chi connectivity index (χ2v) is 4.91. The quantitative estimate of drug-likeness (QED) is 0.689. The van der Waals surface area contributed by atoms with Gasteiger partial charge in [-0.15, -0.1) is 23.1 Å². The lowest BCUT2D eigenvalue weighted by atomic mass is 10.2. The van der Waals surface area contributed by atoms with Crippen LogP contribution in [0.4, 0.5) is 4.39 Å². The van der Waals surface area contributed by atoms with Crippen molar-refractivity contribution in [3.8, 4) is 6.07 Å². The molecular formula is C10H6FNS2. The van der Waals surface area contributed by atoms with Crippen molar-refractivity contribution < 1.29 is 4.39 Å². The van der Waals surface area contributed by atoms with Crippen LogP contribution >= 0.6 is 23.1 Å². The highest BCUT2D eigenvalue weighted by Crippen LogP contribution is 2.33. The predicted octanol–water partition coefficient (Wildman–Crippen LogP) is 3.63. The second kappa shape index (κ2) is 3.60. The molecule has 0 saturated heterocycles. The minimum Gasteiger partial charge on any atom is -0.205 e. The van der Waals surface area contributed by atoms with Crippen LogP contribution in [-0.2, 0) is 0 Å². The summed E-state index contributed by atoms with van der Waals surface area (Å²) in [5.74, 6) is -0.401. The molecule has 0 amide bonds. The predicted molar refractivity (Wildman–Crippen MR) is 58.3 cm³/mol. The lowest BCUT2D eigenvalue weighted by Crippen LogP contribution is -1.81. The average Bonchev–Trinajstić information content (AvgIpc) is 2.62. The standard InChI is InChI=1S/C10H6FNS2/c1-13-9-4-7-8(14-9)3-2-6(5-12)10(7)11/h2-4H,1H3. The first-order chi connectivity index (χ1) is 6.76. The zero-order chi connectivity index (χ0) is 10.1. The van der Waals surface area contributed by atoms with E-state index in [0.29, 0.717) is 5.39 Å². The van der Waals surface area contributed by atoms with Crippen molar-refractivity contribution in [1.29, 1.82) is 5.26 Å². The third kappa shape index (κ3) is 1.39. The van der Waals surface area contributed by atoms with Gasteiger partial charge in [-0.25, -0.2) is 4.39 Å². The molecule has 0 fully saturated rings. The summed E-state index contributed by atoms with van der Waals surface area (Å²) in [5.41, 5.74) is 0.114. The molecule has 70 valence electrons. The molecule has 2 rings (SSSR count). The van der Waals surface area contributed by atoms with E-state index in [9.17, 15) is 4.39 Å². The summed E-state index contributed by atoms with van der Waals surface area (Å²) in [5, 5.41) is 9.20. The number of hydrogen-bond acceptors (Lipinski definition) is 3. The van der Waals surface area contributed by atoms with Gasteiger partial charge in [0, 0.05) is 10.1 Å². The molecule has 1 heterocycles. The monoisotopic (exact) mass is 223 g/mol. The molecule has 0 unspecified atom stereocenters. The van der Waals surface area contributed by atoms with Gasteiger partial charge in [-0.05, 0) is 24.5 Å². The molecule has 0 spiro atoms. The SMILES string of the molecule is CSc1cc2c(F)c(C#N)ccc2s1. The molecule has 14 heavy (non-hydrogen) atoms. The number of fused-ring (bicyclic) bond motifs is 1. The van der Waals surface area contributed by atoms with Gasteiger partial charge in [-0.3, -0.25) is 0 Å². The Kier molecular flexibility index (Phi) is 2.44. The van der Waals surface area contributed by atoms with Crippen LogP contribution in [0.5, 0.6) is 0 Å². The van der Waals surface area contributed by atoms with Crippen molar-refractivity contribution in [1.82, 2.24) is 0 Å². The third-order valence-corrected chi connectivity index (χ3v) is 4.10. The molecule has 2 aromatic rings. The van der Waals surface area contributed by atoms with Gasteiger partial charge in [-0.1, -0.05) is 0 Å². The molecule has 0 radical (unpaired) electrons. The van der Waals surface area contributed by atoms with Gasteiger partial charge in [0.05, 0.1) is 9.77 Å². The Balaban J connectivity index is 2.76. The van der Waals surface area contributed by atoms with Gasteiger partial charge in [0.1, 0.15) is 11.9 Å². The summed E-state index contributed by atoms with van der Waals surface area (Å²) in [6, 6.07) is 6.95. The first-order valence-corrected chi connectivity index (χ1v) is 5.96. The topological polar surface area (TPSA) is 23.8 Å². The zero-order valence-corrected chi connectivity index (χ0v) is 9.01. The molecule has 0 aliphatic rings. The van der Waals surface area contributed by atoms with E-state index >= 15 is 0 Å². The molecule has 0 N–H and O–H groups in total. The number of hydrogen-bond donors (Lipinski definition) is 0. The van der Waals surface area contributed by atoms with Crippen LogP contribution in [0.1, 0.15) is 5.56 Å². The smallest absolute Gasteiger partial charge is 0.149 e. The lowest BCUT2D eigenvalue weighted by molar-refractivity contribution is 0.636. The number of rotatable bonds is 1. The molecule has 0 aliphatic carbocycles. The average molecular weight is 223 g/mol. The Hall–Kier alpha value is -1.05. The van der Waals surface area contributed by atoms with Crippen LogP contribution in [-0.4, -0.2) is 6.26 Å². The van der Waals surface area contributed by atoms with Gasteiger partial charge in [0.25, 0.3) is 0 Å². The zero-order valence-electron chi connectivity index (χ0n) is 7.37. The van der Waals surface area contributed by atoms with Crippen molar-refractivity contribution in [2.75, 3.05) is 6.26 Å². The molecule has 1 nitrogen and oxygen atoms in total. The van der Waals surface area contributed by atoms with E-state index in [2.05, 4.69) is 0 Å². The Bertz CT molecular complexity index is 525. The van der Waals surface area contributed by atoms with Gasteiger partial charge < -0.3 is 0 Å². The first kappa shape index (κ1) is 9.50. The highest BCUT2D eigenvalue weighted by molar-refractivity contribution is 8.00. The number of halogens is 1. The minimum atomic E-state index is -0.401. The summed E-state index contributed by atoms with van der Waals surface area (Å²) in [4.78, 5) is 0. The highest BCUT2D eigenvalue weighted by Gasteiger charge is 2.09. The van der Waals surface area contributed by atoms with E-state index in [1.165, 1.54) is 6.07 Å². The van der Waals surface area contributed by atoms with Crippen LogP contribution in [0.25, 0.3) is 10.1 Å². The lowest BCUT2D eigenvalue weighted by Gasteiger charge is -1.93. The van der Waals surface area contributed by atoms with Crippen molar-refractivity contribution >= 4 is 33.2 Å². The summed E-state index contributed by atoms with van der Waals surface area (Å²) in [6.45, 7) is 0. The molecule has 0 atom stereocenters. The van der Waals surface area contributed by atoms with Gasteiger partial charge in [0.2, 0.25) is 0 Å². The maximum absolute atomic E-state index is 13.6. The number of thioether (sulfide) groups is 1. The summed E-state index contributed by atoms with van der Waals surface area (Å²) in [7, 11) is 0. The fourth-order valence-corrected chi connectivity index (χ4v) is 2.87. The molecule has 1 aromatic heterocycles. The van der Waals surface area contributed by atoms with Gasteiger partial charge >= 0.3 is 0 Å². The van der Waals surface area contributed by atoms with E-state index in [-0.39, 0.29) is 5.56 Å². The van der Waals surface area contributed by atoms with Crippen LogP contribution < -0.4 is 0 Å². The van der Waals surface area contributed by atoms with Crippen molar-refractivity contribution in [2.45, 2.75) is 4.21 Å². The number of benzene rings is 1. The van der Waals surface area contributed by atoms with E-state index < -0.39 is 5.82 Å². The third-order valence-electron chi connectivity index (χ3n) is 1.93. The van der Waals surface area contributed by atoms with Crippen LogP contribution in [0.2, 0.25) is 0 Å². The van der Waals surface area contributed by atoms with E-state index in [0.717, 1.165) is 8.91 Å². The Labute approximate surface area is 89.2 Å². The molecule has 0 saturated carbocycles. The minimum absolute atomic E-state index is 0.114. The Morgan fingerprint density at radius 1 is 1.50 bits per heavy atom. The number of nitriles is 1. The van der Waals surface area contributed by atoms with Crippen molar-refractivity contribution in [2.24, 2.45) is 0 Å². The van der Waals surface area contributed by atoms with Crippen molar-refractivity contribution in [3.63, 3.8) is 0 Å². The molecule has 1 aromatic carbocycles. The van der Waals surface area contributed by atoms with E-state index in [4.69, 9.17) is 5.26 Å². The van der Waals surface area contributed by atoms with E-state index in [1.807, 2.05) is 12.3 Å². The maximum atomic E-state index is 13.6. The molecule has 0 aliphatic heterocycles. The molecular weight excluding hydrogens is 217 g/mol. The van der Waals surface area contributed by atoms with Gasteiger partial charge in [-0.2, -0.15) is 5.26 Å². The Morgan fingerprint density at radius 3 is 2.93 bits per heavy atom. The fourth-order valence-electron chi connectivity index (χ4n) is 1.24. The summed E-state index contributed by atoms with van der Waals surface area (Å²) < 4.78 is 15.6. The summed E-state index contributed by atoms with van der Waals surface area (Å²) >= 11 is 3.13. The van der Waals surface area contributed by atoms with E-state index in [1.54, 1.807) is 35.2 Å².